The minimum Gasteiger partial charge on any atom is -0.488 e. The molecule has 0 saturated carbocycles. The maximum Gasteiger partial charge on any atom is 0.251 e. The van der Waals surface area contributed by atoms with Gasteiger partial charge in [-0.25, -0.2) is 8.78 Å². The molecule has 0 bridgehead atoms. The van der Waals surface area contributed by atoms with Crippen molar-refractivity contribution in [1.29, 1.82) is 0 Å². The molecule has 1 aliphatic heterocycles. The average Bonchev–Trinajstić information content (AvgIpc) is 2.69. The molecule has 0 fully saturated rings. The van der Waals surface area contributed by atoms with Crippen LogP contribution < -0.4 is 4.74 Å². The second-order valence-electron chi connectivity index (χ2n) is 4.57. The number of aliphatic hydroxyl groups is 1. The zero-order chi connectivity index (χ0) is 13.8. The highest BCUT2D eigenvalue weighted by Gasteiger charge is 2.25. The lowest BCUT2D eigenvalue weighted by Gasteiger charge is -2.23. The average molecular weight is 336 g/mol. The summed E-state index contributed by atoms with van der Waals surface area (Å²) < 4.78 is 31.6. The van der Waals surface area contributed by atoms with Gasteiger partial charge < -0.3 is 9.84 Å². The summed E-state index contributed by atoms with van der Waals surface area (Å²) in [4.78, 5) is 1.54. The molecular formula is C13H16BrF2NO2. The van der Waals surface area contributed by atoms with Gasteiger partial charge in [0, 0.05) is 24.0 Å². The largest absolute Gasteiger partial charge is 0.488 e. The van der Waals surface area contributed by atoms with Gasteiger partial charge in [0.2, 0.25) is 0 Å². The van der Waals surface area contributed by atoms with Crippen molar-refractivity contribution >= 4 is 15.9 Å². The van der Waals surface area contributed by atoms with Crippen LogP contribution in [0.25, 0.3) is 0 Å². The number of ether oxygens (including phenoxy) is 1. The van der Waals surface area contributed by atoms with Gasteiger partial charge in [0.05, 0.1) is 13.2 Å². The normalized spacial score (nSPS) is 17.9. The van der Waals surface area contributed by atoms with Gasteiger partial charge >= 0.3 is 0 Å². The minimum absolute atomic E-state index is 0.127. The van der Waals surface area contributed by atoms with E-state index in [-0.39, 0.29) is 25.8 Å². The Labute approximate surface area is 119 Å². The summed E-state index contributed by atoms with van der Waals surface area (Å²) in [6.45, 7) is 0.180. The molecule has 0 radical (unpaired) electrons. The first kappa shape index (κ1) is 14.7. The SMILES string of the molecule is OCCN(CC(F)F)CC1Cc2cc(Br)ccc2O1. The molecule has 6 heteroatoms. The first-order chi connectivity index (χ1) is 9.08. The highest BCUT2D eigenvalue weighted by Crippen LogP contribution is 2.31. The van der Waals surface area contributed by atoms with Gasteiger partial charge in [-0.05, 0) is 23.8 Å². The summed E-state index contributed by atoms with van der Waals surface area (Å²) in [5.74, 6) is 0.814. The van der Waals surface area contributed by atoms with Crippen LogP contribution >= 0.6 is 15.9 Å². The lowest BCUT2D eigenvalue weighted by molar-refractivity contribution is 0.0575. The third kappa shape index (κ3) is 4.12. The Morgan fingerprint density at radius 2 is 2.26 bits per heavy atom. The van der Waals surface area contributed by atoms with Crippen LogP contribution in [0.5, 0.6) is 5.75 Å². The highest BCUT2D eigenvalue weighted by atomic mass is 79.9. The summed E-state index contributed by atoms with van der Waals surface area (Å²) >= 11 is 3.40. The number of benzene rings is 1. The first-order valence-electron chi connectivity index (χ1n) is 6.15. The lowest BCUT2D eigenvalue weighted by Crippen LogP contribution is -2.39. The summed E-state index contributed by atoms with van der Waals surface area (Å²) in [6, 6.07) is 5.76. The number of hydrogen-bond donors (Lipinski definition) is 1. The molecule has 0 aromatic heterocycles. The van der Waals surface area contributed by atoms with Crippen LogP contribution in [0.3, 0.4) is 0 Å². The molecule has 1 aliphatic rings. The maximum absolute atomic E-state index is 12.4. The quantitative estimate of drug-likeness (QED) is 0.865. The molecule has 2 rings (SSSR count). The summed E-state index contributed by atoms with van der Waals surface area (Å²) in [6.07, 6.45) is -1.82. The van der Waals surface area contributed by atoms with Gasteiger partial charge in [0.1, 0.15) is 11.9 Å². The molecule has 1 atom stereocenters. The standard InChI is InChI=1S/C13H16BrF2NO2/c14-10-1-2-12-9(5-10)6-11(19-12)7-17(3-4-18)8-13(15)16/h1-2,5,11,13,18H,3-4,6-8H2. The molecule has 0 spiro atoms. The van der Waals surface area contributed by atoms with Crippen LogP contribution in [0.2, 0.25) is 0 Å². The summed E-state index contributed by atoms with van der Waals surface area (Å²) in [7, 11) is 0. The van der Waals surface area contributed by atoms with Crippen molar-refractivity contribution in [3.8, 4) is 5.75 Å². The molecule has 1 N–H and O–H groups in total. The van der Waals surface area contributed by atoms with Crippen molar-refractivity contribution < 1.29 is 18.6 Å². The number of aliphatic hydroxyl groups excluding tert-OH is 1. The van der Waals surface area contributed by atoms with Gasteiger partial charge in [0.25, 0.3) is 6.43 Å². The van der Waals surface area contributed by atoms with Crippen LogP contribution in [-0.4, -0.2) is 48.8 Å². The smallest absolute Gasteiger partial charge is 0.251 e. The molecule has 106 valence electrons. The van der Waals surface area contributed by atoms with E-state index in [1.165, 1.54) is 4.90 Å². The molecule has 1 heterocycles. The Morgan fingerprint density at radius 1 is 1.47 bits per heavy atom. The van der Waals surface area contributed by atoms with Gasteiger partial charge in [-0.1, -0.05) is 15.9 Å². The van der Waals surface area contributed by atoms with E-state index < -0.39 is 6.43 Å². The van der Waals surface area contributed by atoms with Crippen molar-refractivity contribution in [1.82, 2.24) is 4.90 Å². The molecule has 19 heavy (non-hydrogen) atoms. The van der Waals surface area contributed by atoms with Gasteiger partial charge in [-0.2, -0.15) is 0 Å². The highest BCUT2D eigenvalue weighted by molar-refractivity contribution is 9.10. The van der Waals surface area contributed by atoms with Crippen LogP contribution in [0.1, 0.15) is 5.56 Å². The molecule has 1 aromatic carbocycles. The number of halogens is 3. The number of alkyl halides is 2. The summed E-state index contributed by atoms with van der Waals surface area (Å²) in [5, 5.41) is 8.90. The Bertz CT molecular complexity index is 431. The van der Waals surface area contributed by atoms with E-state index in [2.05, 4.69) is 15.9 Å². The Morgan fingerprint density at radius 3 is 2.95 bits per heavy atom. The zero-order valence-electron chi connectivity index (χ0n) is 10.4. The molecule has 1 unspecified atom stereocenters. The molecular weight excluding hydrogens is 320 g/mol. The van der Waals surface area contributed by atoms with E-state index in [9.17, 15) is 8.78 Å². The van der Waals surface area contributed by atoms with Gasteiger partial charge in [-0.15, -0.1) is 0 Å². The molecule has 0 amide bonds. The first-order valence-corrected chi connectivity index (χ1v) is 6.94. The zero-order valence-corrected chi connectivity index (χ0v) is 11.9. The Hall–Kier alpha value is -0.720. The topological polar surface area (TPSA) is 32.7 Å². The predicted octanol–water partition coefficient (Wildman–Crippen LogP) is 2.31. The van der Waals surface area contributed by atoms with E-state index in [0.717, 1.165) is 15.8 Å². The number of fused-ring (bicyclic) bond motifs is 1. The van der Waals surface area contributed by atoms with Crippen LogP contribution in [0, 0.1) is 0 Å². The van der Waals surface area contributed by atoms with E-state index in [0.29, 0.717) is 13.0 Å². The summed E-state index contributed by atoms with van der Waals surface area (Å²) in [5.41, 5.74) is 1.08. The second-order valence-corrected chi connectivity index (χ2v) is 5.49. The van der Waals surface area contributed by atoms with Crippen molar-refractivity contribution in [3.05, 3.63) is 28.2 Å². The van der Waals surface area contributed by atoms with Crippen molar-refractivity contribution in [3.63, 3.8) is 0 Å². The van der Waals surface area contributed by atoms with Gasteiger partial charge in [-0.3, -0.25) is 4.90 Å². The number of rotatable bonds is 6. The fourth-order valence-electron chi connectivity index (χ4n) is 2.27. The van der Waals surface area contributed by atoms with Crippen LogP contribution in [-0.2, 0) is 6.42 Å². The van der Waals surface area contributed by atoms with E-state index in [1.54, 1.807) is 0 Å². The fourth-order valence-corrected chi connectivity index (χ4v) is 2.68. The van der Waals surface area contributed by atoms with Crippen LogP contribution in [0.15, 0.2) is 22.7 Å². The van der Waals surface area contributed by atoms with E-state index in [4.69, 9.17) is 9.84 Å². The number of hydrogen-bond acceptors (Lipinski definition) is 3. The molecule has 0 aliphatic carbocycles. The third-order valence-corrected chi connectivity index (χ3v) is 3.53. The molecule has 3 nitrogen and oxygen atoms in total. The second kappa shape index (κ2) is 6.63. The predicted molar refractivity (Wildman–Crippen MR) is 71.8 cm³/mol. The monoisotopic (exact) mass is 335 g/mol. The number of nitrogens with zero attached hydrogens (tertiary/aromatic N) is 1. The lowest BCUT2D eigenvalue weighted by atomic mass is 10.1. The fraction of sp³-hybridized carbons (Fsp3) is 0.538. The van der Waals surface area contributed by atoms with E-state index in [1.807, 2.05) is 18.2 Å². The van der Waals surface area contributed by atoms with Crippen molar-refractivity contribution in [2.75, 3.05) is 26.2 Å². The maximum atomic E-state index is 12.4. The third-order valence-electron chi connectivity index (χ3n) is 3.04. The van der Waals surface area contributed by atoms with Crippen molar-refractivity contribution in [2.45, 2.75) is 19.0 Å². The van der Waals surface area contributed by atoms with E-state index >= 15 is 0 Å². The molecule has 0 saturated heterocycles. The Balaban J connectivity index is 1.94. The molecule has 1 aromatic rings. The Kier molecular flexibility index (Phi) is 5.13. The van der Waals surface area contributed by atoms with Crippen LogP contribution in [0.4, 0.5) is 8.78 Å². The minimum atomic E-state index is -2.40. The van der Waals surface area contributed by atoms with Gasteiger partial charge in [0.15, 0.2) is 0 Å². The van der Waals surface area contributed by atoms with Crippen molar-refractivity contribution in [2.24, 2.45) is 0 Å².